The van der Waals surface area contributed by atoms with E-state index >= 15 is 0 Å². The summed E-state index contributed by atoms with van der Waals surface area (Å²) in [5.41, 5.74) is 6.27. The fourth-order valence-electron chi connectivity index (χ4n) is 2.06. The van der Waals surface area contributed by atoms with Crippen molar-refractivity contribution in [2.75, 3.05) is 0 Å². The molecule has 0 aromatic heterocycles. The van der Waals surface area contributed by atoms with Gasteiger partial charge < -0.3 is 26.2 Å². The van der Waals surface area contributed by atoms with Crippen LogP contribution < -0.4 is 26.2 Å². The molecule has 32 heavy (non-hydrogen) atoms. The van der Waals surface area contributed by atoms with E-state index in [2.05, 4.69) is 16.1 Å². The first-order valence-electron chi connectivity index (χ1n) is 8.81. The molecule has 12 heteroatoms. The molecule has 0 unspecified atom stereocenters. The van der Waals surface area contributed by atoms with Gasteiger partial charge in [0.2, 0.25) is 0 Å². The minimum Gasteiger partial charge on any atom is -0.860 e. The van der Waals surface area contributed by atoms with E-state index in [-0.39, 0.29) is 18.2 Å². The van der Waals surface area contributed by atoms with Crippen LogP contribution in [0.3, 0.4) is 0 Å². The molecule has 0 aliphatic heterocycles. The molecule has 6 N–H and O–H groups in total. The molecule has 5 nitrogen and oxygen atoms in total. The Morgan fingerprint density at radius 3 is 1.19 bits per heavy atom. The van der Waals surface area contributed by atoms with Gasteiger partial charge >= 0.3 is 12.4 Å². The highest BCUT2D eigenvalue weighted by molar-refractivity contribution is 6.29. The van der Waals surface area contributed by atoms with Gasteiger partial charge in [0.15, 0.2) is 0 Å². The lowest BCUT2D eigenvalue weighted by molar-refractivity contribution is -0.372. The van der Waals surface area contributed by atoms with Crippen molar-refractivity contribution >= 4 is 18.7 Å². The summed E-state index contributed by atoms with van der Waals surface area (Å²) in [7, 11) is -3.02. The van der Waals surface area contributed by atoms with Crippen molar-refractivity contribution in [2.45, 2.75) is 12.4 Å². The summed E-state index contributed by atoms with van der Waals surface area (Å²) in [6.45, 7) is 0. The summed E-state index contributed by atoms with van der Waals surface area (Å²) in [5, 5.41) is 20.2. The molecule has 0 aliphatic rings. The largest absolute Gasteiger partial charge is 0.860 e. The maximum Gasteiger partial charge on any atom is 0.416 e. The molecule has 0 heterocycles. The minimum atomic E-state index is -5.05. The molecule has 0 radical (unpaired) electrons. The van der Waals surface area contributed by atoms with Crippen LogP contribution in [-0.4, -0.2) is 7.32 Å². The summed E-state index contributed by atoms with van der Waals surface area (Å²) in [5.74, 6) is -1.08. The van der Waals surface area contributed by atoms with Crippen LogP contribution in [0.4, 0.5) is 37.7 Å². The van der Waals surface area contributed by atoms with E-state index in [0.717, 1.165) is 11.4 Å². The number of benzene rings is 3. The first-order valence-corrected chi connectivity index (χ1v) is 8.81. The molecule has 172 valence electrons. The summed E-state index contributed by atoms with van der Waals surface area (Å²) in [6, 6.07) is 19.9. The fraction of sp³-hybridized carbons (Fsp3) is 0.100. The normalized spacial score (nSPS) is 10.8. The highest BCUT2D eigenvalue weighted by atomic mass is 19.4. The van der Waals surface area contributed by atoms with Gasteiger partial charge in [-0.25, -0.2) is 0 Å². The lowest BCUT2D eigenvalue weighted by Gasteiger charge is -2.27. The molecule has 0 atom stereocenters. The standard InChI is InChI=1S/C8H3BF6O3.2C6H7N/c10-7(11,12)4-1-5(8(13,14)15)3-6(2-4)18-9(16)17;2*7-6-4-2-1-3-5-6/h1-3H;2*1-5H,7H2/q-2;;/p+2. The molecular weight excluding hydrogens is 441 g/mol. The molecule has 0 aliphatic carbocycles. The van der Waals surface area contributed by atoms with Crippen molar-refractivity contribution in [3.05, 3.63) is 90.0 Å². The van der Waals surface area contributed by atoms with Gasteiger partial charge in [-0.05, 0) is 42.5 Å². The summed E-state index contributed by atoms with van der Waals surface area (Å²) in [4.78, 5) is 0. The molecule has 0 saturated heterocycles. The van der Waals surface area contributed by atoms with Crippen LogP contribution >= 0.6 is 0 Å². The van der Waals surface area contributed by atoms with Crippen molar-refractivity contribution in [3.63, 3.8) is 0 Å². The lowest BCUT2D eigenvalue weighted by Crippen LogP contribution is -2.50. The number of rotatable bonds is 2. The molecule has 0 amide bonds. The second-order valence-corrected chi connectivity index (χ2v) is 6.12. The number of quaternary nitrogens is 2. The average molecular weight is 460 g/mol. The maximum absolute atomic E-state index is 12.3. The van der Waals surface area contributed by atoms with Crippen molar-refractivity contribution < 1.29 is 52.5 Å². The zero-order valence-electron chi connectivity index (χ0n) is 16.5. The smallest absolute Gasteiger partial charge is 0.416 e. The number of hydrogen-bond donors (Lipinski definition) is 2. The van der Waals surface area contributed by atoms with Gasteiger partial charge in [0.05, 0.1) is 16.9 Å². The molecule has 0 saturated carbocycles. The van der Waals surface area contributed by atoms with E-state index < -0.39 is 36.6 Å². The van der Waals surface area contributed by atoms with Crippen LogP contribution in [0, 0.1) is 0 Å². The second kappa shape index (κ2) is 12.1. The molecular formula is C20H19BF6N2O3. The topological polar surface area (TPSA) is 111 Å². The van der Waals surface area contributed by atoms with E-state index in [9.17, 15) is 36.4 Å². The molecule has 3 aromatic rings. The highest BCUT2D eigenvalue weighted by Gasteiger charge is 2.37. The van der Waals surface area contributed by atoms with Crippen molar-refractivity contribution in [3.8, 4) is 5.75 Å². The van der Waals surface area contributed by atoms with Gasteiger partial charge in [0, 0.05) is 0 Å². The highest BCUT2D eigenvalue weighted by Crippen LogP contribution is 2.38. The predicted molar refractivity (Wildman–Crippen MR) is 101 cm³/mol. The van der Waals surface area contributed by atoms with Crippen LogP contribution in [0.1, 0.15) is 11.1 Å². The number of alkyl halides is 6. The average Bonchev–Trinajstić information content (AvgIpc) is 2.68. The number of hydrogen-bond acceptors (Lipinski definition) is 3. The van der Waals surface area contributed by atoms with E-state index in [1.165, 1.54) is 0 Å². The van der Waals surface area contributed by atoms with Crippen molar-refractivity contribution in [2.24, 2.45) is 0 Å². The third-order valence-corrected chi connectivity index (χ3v) is 3.48. The van der Waals surface area contributed by atoms with E-state index in [0.29, 0.717) is 0 Å². The molecule has 0 bridgehead atoms. The zero-order valence-corrected chi connectivity index (χ0v) is 16.5. The first-order chi connectivity index (χ1) is 14.8. The fourth-order valence-corrected chi connectivity index (χ4v) is 2.06. The van der Waals surface area contributed by atoms with Gasteiger partial charge in [-0.2, -0.15) is 26.3 Å². The Labute approximate surface area is 180 Å². The Morgan fingerprint density at radius 1 is 0.625 bits per heavy atom. The Morgan fingerprint density at radius 2 is 0.969 bits per heavy atom. The van der Waals surface area contributed by atoms with Crippen molar-refractivity contribution in [1.29, 1.82) is 0 Å². The summed E-state index contributed by atoms with van der Waals surface area (Å²) < 4.78 is 77.5. The minimum absolute atomic E-state index is 0.141. The van der Waals surface area contributed by atoms with Crippen LogP contribution in [0.15, 0.2) is 78.9 Å². The van der Waals surface area contributed by atoms with Crippen LogP contribution in [-0.2, 0) is 12.4 Å². The van der Waals surface area contributed by atoms with Gasteiger partial charge in [0.25, 0.3) is 0 Å². The Kier molecular flexibility index (Phi) is 10.2. The van der Waals surface area contributed by atoms with Crippen molar-refractivity contribution in [1.82, 2.24) is 0 Å². The van der Waals surface area contributed by atoms with Gasteiger partial charge in [0.1, 0.15) is 18.7 Å². The third-order valence-electron chi connectivity index (χ3n) is 3.48. The van der Waals surface area contributed by atoms with Gasteiger partial charge in [-0.1, -0.05) is 36.4 Å². The van der Waals surface area contributed by atoms with E-state index in [4.69, 9.17) is 0 Å². The first kappa shape index (κ1) is 27.0. The van der Waals surface area contributed by atoms with E-state index in [1.807, 2.05) is 60.7 Å². The third kappa shape index (κ3) is 10.8. The molecule has 0 spiro atoms. The SMILES string of the molecule is [NH3+]c1ccccc1.[NH3+]c1ccccc1.[O-]B([O-])Oc1cc(C(F)(F)F)cc(C(F)(F)F)c1. The predicted octanol–water partition coefficient (Wildman–Crippen LogP) is 1.93. The maximum atomic E-state index is 12.3. The molecule has 3 rings (SSSR count). The Bertz CT molecular complexity index is 870. The summed E-state index contributed by atoms with van der Waals surface area (Å²) >= 11 is 0. The quantitative estimate of drug-likeness (QED) is 0.451. The summed E-state index contributed by atoms with van der Waals surface area (Å²) in [6.07, 6.45) is -10.1. The van der Waals surface area contributed by atoms with Gasteiger partial charge in [-0.15, -0.1) is 0 Å². The van der Waals surface area contributed by atoms with Gasteiger partial charge in [-0.3, -0.25) is 0 Å². The lowest BCUT2D eigenvalue weighted by atomic mass is 10.1. The Hall–Kier alpha value is -3.06. The monoisotopic (exact) mass is 460 g/mol. The molecule has 0 fully saturated rings. The Balaban J connectivity index is 0.000000295. The van der Waals surface area contributed by atoms with Crippen LogP contribution in [0.25, 0.3) is 0 Å². The zero-order chi connectivity index (χ0) is 24.4. The van der Waals surface area contributed by atoms with Crippen LogP contribution in [0.5, 0.6) is 5.75 Å². The second-order valence-electron chi connectivity index (χ2n) is 6.12. The number of halogens is 6. The van der Waals surface area contributed by atoms with E-state index in [1.54, 1.807) is 0 Å². The van der Waals surface area contributed by atoms with Crippen LogP contribution in [0.2, 0.25) is 0 Å². The molecule has 3 aromatic carbocycles.